The van der Waals surface area contributed by atoms with E-state index in [2.05, 4.69) is 25.1 Å². The number of halogens is 1. The molecule has 2 aliphatic rings. The van der Waals surface area contributed by atoms with Crippen LogP contribution in [0.2, 0.25) is 0 Å². The molecule has 7 heteroatoms. The van der Waals surface area contributed by atoms with Crippen molar-refractivity contribution >= 4 is 16.9 Å². The normalized spacial score (nSPS) is 23.8. The van der Waals surface area contributed by atoms with Crippen molar-refractivity contribution in [1.82, 2.24) is 20.2 Å². The van der Waals surface area contributed by atoms with Gasteiger partial charge < -0.3 is 15.3 Å². The first-order chi connectivity index (χ1) is 12.2. The number of aliphatic hydroxyl groups excluding tert-OH is 1. The molecule has 2 N–H and O–H groups in total. The van der Waals surface area contributed by atoms with Crippen molar-refractivity contribution in [2.75, 3.05) is 44.2 Å². The molecule has 2 saturated heterocycles. The molecule has 0 saturated carbocycles. The van der Waals surface area contributed by atoms with Crippen LogP contribution in [0.3, 0.4) is 0 Å². The van der Waals surface area contributed by atoms with E-state index < -0.39 is 0 Å². The standard InChI is InChI=1S/C18H24FN5O/c19-14-2-1-13-10-21-18(22-17(13)9-14)23-6-3-15(4-7-23)24-8-5-20-11-16(25)12-24/h1-2,9-10,15-16,20,25H,3-8,11-12H2. The Kier molecular flexibility index (Phi) is 4.78. The largest absolute Gasteiger partial charge is 0.390 e. The van der Waals surface area contributed by atoms with Gasteiger partial charge in [-0.25, -0.2) is 14.4 Å². The van der Waals surface area contributed by atoms with Crippen molar-refractivity contribution in [3.05, 3.63) is 30.2 Å². The molecule has 2 fully saturated rings. The van der Waals surface area contributed by atoms with Gasteiger partial charge in [-0.1, -0.05) is 0 Å². The predicted octanol–water partition coefficient (Wildman–Crippen LogP) is 1.00. The minimum absolute atomic E-state index is 0.274. The fourth-order valence-corrected chi connectivity index (χ4v) is 3.82. The van der Waals surface area contributed by atoms with Crippen molar-refractivity contribution in [1.29, 1.82) is 0 Å². The average molecular weight is 345 g/mol. The highest BCUT2D eigenvalue weighted by atomic mass is 19.1. The molecular formula is C18H24FN5O. The van der Waals surface area contributed by atoms with E-state index in [-0.39, 0.29) is 11.9 Å². The second kappa shape index (κ2) is 7.19. The van der Waals surface area contributed by atoms with Crippen LogP contribution in [0.5, 0.6) is 0 Å². The van der Waals surface area contributed by atoms with E-state index in [4.69, 9.17) is 0 Å². The number of hydrogen-bond acceptors (Lipinski definition) is 6. The third-order valence-corrected chi connectivity index (χ3v) is 5.20. The van der Waals surface area contributed by atoms with Gasteiger partial charge in [0.15, 0.2) is 0 Å². The minimum Gasteiger partial charge on any atom is -0.390 e. The summed E-state index contributed by atoms with van der Waals surface area (Å²) in [6.07, 6.45) is 3.52. The molecule has 1 aromatic heterocycles. The first-order valence-corrected chi connectivity index (χ1v) is 8.99. The number of nitrogens with zero attached hydrogens (tertiary/aromatic N) is 4. The summed E-state index contributed by atoms with van der Waals surface area (Å²) in [6, 6.07) is 5.09. The molecule has 6 nitrogen and oxygen atoms in total. The Labute approximate surface area is 146 Å². The smallest absolute Gasteiger partial charge is 0.225 e. The number of benzene rings is 1. The van der Waals surface area contributed by atoms with Crippen LogP contribution in [-0.4, -0.2) is 71.4 Å². The van der Waals surface area contributed by atoms with Crippen LogP contribution in [0, 0.1) is 5.82 Å². The summed E-state index contributed by atoms with van der Waals surface area (Å²) in [7, 11) is 0. The van der Waals surface area contributed by atoms with Crippen molar-refractivity contribution in [3.8, 4) is 0 Å². The van der Waals surface area contributed by atoms with E-state index in [1.165, 1.54) is 12.1 Å². The molecule has 3 heterocycles. The van der Waals surface area contributed by atoms with E-state index >= 15 is 0 Å². The summed E-state index contributed by atoms with van der Waals surface area (Å²) in [5.74, 6) is 0.401. The number of anilines is 1. The van der Waals surface area contributed by atoms with Gasteiger partial charge in [0.2, 0.25) is 5.95 Å². The summed E-state index contributed by atoms with van der Waals surface area (Å²) in [4.78, 5) is 13.6. The lowest BCUT2D eigenvalue weighted by molar-refractivity contribution is 0.0960. The van der Waals surface area contributed by atoms with E-state index in [1.54, 1.807) is 12.3 Å². The number of nitrogens with one attached hydrogen (secondary N) is 1. The Balaban J connectivity index is 1.43. The van der Waals surface area contributed by atoms with Crippen molar-refractivity contribution in [2.24, 2.45) is 0 Å². The monoisotopic (exact) mass is 345 g/mol. The quantitative estimate of drug-likeness (QED) is 0.847. The molecule has 1 atom stereocenters. The van der Waals surface area contributed by atoms with Gasteiger partial charge in [-0.15, -0.1) is 0 Å². The van der Waals surface area contributed by atoms with E-state index in [0.29, 0.717) is 24.1 Å². The summed E-state index contributed by atoms with van der Waals surface area (Å²) >= 11 is 0. The summed E-state index contributed by atoms with van der Waals surface area (Å²) in [6.45, 7) is 5.08. The number of aromatic nitrogens is 2. The summed E-state index contributed by atoms with van der Waals surface area (Å²) in [5, 5.41) is 14.1. The number of β-amino-alcohol motifs (C(OH)–C–C–N with tert-alkyl or cyclic N) is 1. The van der Waals surface area contributed by atoms with Gasteiger partial charge in [0.25, 0.3) is 0 Å². The molecule has 0 spiro atoms. The van der Waals surface area contributed by atoms with E-state index in [1.807, 2.05) is 0 Å². The number of rotatable bonds is 2. The molecule has 1 unspecified atom stereocenters. The third-order valence-electron chi connectivity index (χ3n) is 5.20. The summed E-state index contributed by atoms with van der Waals surface area (Å²) < 4.78 is 13.4. The molecule has 4 rings (SSSR count). The Hall–Kier alpha value is -1.83. The molecule has 0 bridgehead atoms. The molecule has 0 amide bonds. The maximum atomic E-state index is 13.4. The first-order valence-electron chi connectivity index (χ1n) is 8.99. The van der Waals surface area contributed by atoms with Crippen molar-refractivity contribution in [3.63, 3.8) is 0 Å². The topological polar surface area (TPSA) is 64.5 Å². The molecule has 0 radical (unpaired) electrons. The number of aliphatic hydroxyl groups is 1. The van der Waals surface area contributed by atoms with Crippen molar-refractivity contribution < 1.29 is 9.50 Å². The second-order valence-corrected chi connectivity index (χ2v) is 6.94. The van der Waals surface area contributed by atoms with Crippen LogP contribution >= 0.6 is 0 Å². The average Bonchev–Trinajstić information content (AvgIpc) is 2.86. The Morgan fingerprint density at radius 1 is 1.20 bits per heavy atom. The highest BCUT2D eigenvalue weighted by molar-refractivity contribution is 5.78. The lowest BCUT2D eigenvalue weighted by atomic mass is 10.0. The second-order valence-electron chi connectivity index (χ2n) is 6.94. The van der Waals surface area contributed by atoms with Gasteiger partial charge in [-0.05, 0) is 25.0 Å². The van der Waals surface area contributed by atoms with Gasteiger partial charge in [0, 0.05) is 63.0 Å². The lowest BCUT2D eigenvalue weighted by Crippen LogP contribution is -2.47. The molecule has 2 aromatic rings. The SMILES string of the molecule is OC1CNCCN(C2CCN(c3ncc4ccc(F)cc4n3)CC2)C1. The Bertz CT molecular complexity index is 734. The minimum atomic E-state index is -0.292. The predicted molar refractivity (Wildman–Crippen MR) is 95.2 cm³/mol. The lowest BCUT2D eigenvalue weighted by Gasteiger charge is -2.38. The zero-order valence-corrected chi connectivity index (χ0v) is 14.2. The van der Waals surface area contributed by atoms with Crippen LogP contribution in [0.4, 0.5) is 10.3 Å². The third kappa shape index (κ3) is 3.73. The number of hydrogen-bond donors (Lipinski definition) is 2. The summed E-state index contributed by atoms with van der Waals surface area (Å²) in [5.41, 5.74) is 0.647. The van der Waals surface area contributed by atoms with Gasteiger partial charge >= 0.3 is 0 Å². The van der Waals surface area contributed by atoms with Crippen LogP contribution in [0.1, 0.15) is 12.8 Å². The number of piperidine rings is 1. The van der Waals surface area contributed by atoms with Crippen LogP contribution in [-0.2, 0) is 0 Å². The highest BCUT2D eigenvalue weighted by Gasteiger charge is 2.28. The fraction of sp³-hybridized carbons (Fsp3) is 0.556. The molecule has 25 heavy (non-hydrogen) atoms. The maximum Gasteiger partial charge on any atom is 0.225 e. The van der Waals surface area contributed by atoms with Crippen LogP contribution < -0.4 is 10.2 Å². The highest BCUT2D eigenvalue weighted by Crippen LogP contribution is 2.22. The van der Waals surface area contributed by atoms with Gasteiger partial charge in [-0.2, -0.15) is 0 Å². The van der Waals surface area contributed by atoms with Crippen LogP contribution in [0.15, 0.2) is 24.4 Å². The zero-order chi connectivity index (χ0) is 17.2. The molecule has 134 valence electrons. The zero-order valence-electron chi connectivity index (χ0n) is 14.2. The molecule has 2 aliphatic heterocycles. The van der Waals surface area contributed by atoms with Gasteiger partial charge in [0.1, 0.15) is 5.82 Å². The maximum absolute atomic E-state index is 13.4. The number of fused-ring (bicyclic) bond motifs is 1. The van der Waals surface area contributed by atoms with E-state index in [9.17, 15) is 9.50 Å². The Morgan fingerprint density at radius 2 is 2.04 bits per heavy atom. The first kappa shape index (κ1) is 16.6. The molecule has 1 aromatic carbocycles. The molecular weight excluding hydrogens is 321 g/mol. The van der Waals surface area contributed by atoms with Gasteiger partial charge in [-0.3, -0.25) is 4.90 Å². The Morgan fingerprint density at radius 3 is 2.88 bits per heavy atom. The van der Waals surface area contributed by atoms with Gasteiger partial charge in [0.05, 0.1) is 11.6 Å². The van der Waals surface area contributed by atoms with E-state index in [0.717, 1.165) is 51.0 Å². The van der Waals surface area contributed by atoms with Crippen LogP contribution in [0.25, 0.3) is 10.9 Å². The molecule has 0 aliphatic carbocycles. The fourth-order valence-electron chi connectivity index (χ4n) is 3.82. The van der Waals surface area contributed by atoms with Crippen molar-refractivity contribution in [2.45, 2.75) is 25.0 Å².